The largest absolute Gasteiger partial charge is 0.350 e. The van der Waals surface area contributed by atoms with Crippen molar-refractivity contribution in [3.8, 4) is 0 Å². The molecule has 0 radical (unpaired) electrons. The molecule has 0 saturated carbocycles. The zero-order chi connectivity index (χ0) is 8.69. The molecule has 4 amide bonds. The van der Waals surface area contributed by atoms with E-state index in [0.29, 0.717) is 6.54 Å². The maximum atomic E-state index is 10.6. The Morgan fingerprint density at radius 3 is 2.45 bits per heavy atom. The van der Waals surface area contributed by atoms with Crippen LogP contribution >= 0.6 is 0 Å². The van der Waals surface area contributed by atoms with Gasteiger partial charge in [-0.2, -0.15) is 0 Å². The van der Waals surface area contributed by atoms with Gasteiger partial charge in [0.25, 0.3) is 0 Å². The summed E-state index contributed by atoms with van der Waals surface area (Å²) >= 11 is 0. The highest BCUT2D eigenvalue weighted by atomic mass is 16.2. The van der Waals surface area contributed by atoms with Gasteiger partial charge in [0.05, 0.1) is 0 Å². The minimum Gasteiger partial charge on any atom is -0.350 e. The highest BCUT2D eigenvalue weighted by molar-refractivity contribution is 5.78. The Morgan fingerprint density at radius 1 is 1.36 bits per heavy atom. The minimum absolute atomic E-state index is 0.467. The van der Waals surface area contributed by atoms with Gasteiger partial charge in [-0.3, -0.25) is 0 Å². The molecule has 6 heteroatoms. The fourth-order valence-electron chi connectivity index (χ4n) is 0.401. The second-order valence-corrected chi connectivity index (χ2v) is 1.87. The number of hydrogen-bond acceptors (Lipinski definition) is 2. The number of rotatable bonds is 2. The van der Waals surface area contributed by atoms with Gasteiger partial charge >= 0.3 is 12.1 Å². The molecule has 0 bridgehead atoms. The van der Waals surface area contributed by atoms with Gasteiger partial charge in [-0.1, -0.05) is 6.92 Å². The average molecular weight is 160 g/mol. The topological polar surface area (TPSA) is 96.2 Å². The molecular formula is C5H12N4O2. The van der Waals surface area contributed by atoms with Crippen LogP contribution in [0.1, 0.15) is 13.3 Å². The van der Waals surface area contributed by atoms with E-state index in [9.17, 15) is 9.59 Å². The molecule has 64 valence electrons. The van der Waals surface area contributed by atoms with Crippen LogP contribution < -0.4 is 21.9 Å². The molecule has 0 unspecified atom stereocenters. The number of carbonyl (C=O) groups is 2. The smallest absolute Gasteiger partial charge is 0.333 e. The van der Waals surface area contributed by atoms with Crippen LogP contribution in [0, 0.1) is 0 Å². The SMILES string of the molecule is CCCNC(=O)NNC(N)=O. The predicted molar refractivity (Wildman–Crippen MR) is 39.5 cm³/mol. The normalized spacial score (nSPS) is 8.45. The Bertz CT molecular complexity index is 147. The quantitative estimate of drug-likeness (QED) is 0.401. The van der Waals surface area contributed by atoms with E-state index in [4.69, 9.17) is 0 Å². The van der Waals surface area contributed by atoms with Crippen LogP contribution in [0.4, 0.5) is 9.59 Å². The van der Waals surface area contributed by atoms with Crippen molar-refractivity contribution in [2.75, 3.05) is 6.54 Å². The Balaban J connectivity index is 3.30. The molecule has 0 aliphatic heterocycles. The third-order valence-electron chi connectivity index (χ3n) is 0.835. The van der Waals surface area contributed by atoms with Gasteiger partial charge in [-0.15, -0.1) is 0 Å². The fourth-order valence-corrected chi connectivity index (χ4v) is 0.401. The highest BCUT2D eigenvalue weighted by Crippen LogP contribution is 1.68. The summed E-state index contributed by atoms with van der Waals surface area (Å²) in [5, 5.41) is 2.47. The Morgan fingerprint density at radius 2 is 2.00 bits per heavy atom. The molecular weight excluding hydrogens is 148 g/mol. The van der Waals surface area contributed by atoms with Crippen molar-refractivity contribution in [1.29, 1.82) is 0 Å². The first kappa shape index (κ1) is 9.54. The third kappa shape index (κ3) is 6.42. The molecule has 0 aromatic carbocycles. The summed E-state index contributed by atoms with van der Waals surface area (Å²) in [5.41, 5.74) is 8.65. The van der Waals surface area contributed by atoms with Gasteiger partial charge in [-0.05, 0) is 6.42 Å². The van der Waals surface area contributed by atoms with E-state index in [1.165, 1.54) is 0 Å². The van der Waals surface area contributed by atoms with Crippen LogP contribution in [-0.4, -0.2) is 18.6 Å². The summed E-state index contributed by atoms with van der Waals surface area (Å²) in [6.45, 7) is 2.48. The van der Waals surface area contributed by atoms with Gasteiger partial charge in [0.2, 0.25) is 0 Å². The Labute approximate surface area is 64.5 Å². The van der Waals surface area contributed by atoms with Crippen molar-refractivity contribution in [3.63, 3.8) is 0 Å². The molecule has 5 N–H and O–H groups in total. The molecule has 0 aromatic heterocycles. The summed E-state index contributed by atoms with van der Waals surface area (Å²) in [6.07, 6.45) is 0.837. The molecule has 0 fully saturated rings. The van der Waals surface area contributed by atoms with Crippen molar-refractivity contribution in [1.82, 2.24) is 16.2 Å². The van der Waals surface area contributed by atoms with Crippen LogP contribution in [-0.2, 0) is 0 Å². The van der Waals surface area contributed by atoms with E-state index in [-0.39, 0.29) is 0 Å². The van der Waals surface area contributed by atoms with E-state index in [0.717, 1.165) is 6.42 Å². The molecule has 0 spiro atoms. The molecule has 0 rings (SSSR count). The van der Waals surface area contributed by atoms with Crippen molar-refractivity contribution in [3.05, 3.63) is 0 Å². The minimum atomic E-state index is -0.795. The summed E-state index contributed by atoms with van der Waals surface area (Å²) in [7, 11) is 0. The lowest BCUT2D eigenvalue weighted by atomic mass is 10.5. The van der Waals surface area contributed by atoms with Crippen LogP contribution in [0.5, 0.6) is 0 Å². The molecule has 0 saturated heterocycles. The number of primary amides is 1. The first-order valence-corrected chi connectivity index (χ1v) is 3.26. The van der Waals surface area contributed by atoms with Crippen LogP contribution in [0.2, 0.25) is 0 Å². The third-order valence-corrected chi connectivity index (χ3v) is 0.835. The number of hydrazine groups is 1. The van der Waals surface area contributed by atoms with Gasteiger partial charge in [0, 0.05) is 6.54 Å². The van der Waals surface area contributed by atoms with Crippen molar-refractivity contribution in [2.24, 2.45) is 5.73 Å². The van der Waals surface area contributed by atoms with Gasteiger partial charge in [0.1, 0.15) is 0 Å². The van der Waals surface area contributed by atoms with Crippen molar-refractivity contribution >= 4 is 12.1 Å². The van der Waals surface area contributed by atoms with E-state index in [2.05, 4.69) is 11.1 Å². The lowest BCUT2D eigenvalue weighted by Gasteiger charge is -2.04. The number of hydrogen-bond donors (Lipinski definition) is 4. The van der Waals surface area contributed by atoms with Crippen LogP contribution in [0.3, 0.4) is 0 Å². The maximum absolute atomic E-state index is 10.6. The van der Waals surface area contributed by atoms with E-state index in [1.54, 1.807) is 0 Å². The van der Waals surface area contributed by atoms with E-state index in [1.807, 2.05) is 17.8 Å². The Hall–Kier alpha value is -1.46. The molecule has 0 aliphatic carbocycles. The summed E-state index contributed by atoms with van der Waals surface area (Å²) in [6, 6.07) is -1.26. The molecule has 6 nitrogen and oxygen atoms in total. The maximum Gasteiger partial charge on any atom is 0.333 e. The Kier molecular flexibility index (Phi) is 4.63. The average Bonchev–Trinajstić information content (AvgIpc) is 1.97. The molecule has 0 aliphatic rings. The number of nitrogens with one attached hydrogen (secondary N) is 3. The second-order valence-electron chi connectivity index (χ2n) is 1.87. The fraction of sp³-hybridized carbons (Fsp3) is 0.600. The summed E-state index contributed by atoms with van der Waals surface area (Å²) in [4.78, 5) is 20.7. The standard InChI is InChI=1S/C5H12N4O2/c1-2-3-7-5(11)9-8-4(6)10/h2-3H2,1H3,(H3,6,8,10)(H2,7,9,11). The second kappa shape index (κ2) is 5.33. The number of nitrogens with two attached hydrogens (primary N) is 1. The van der Waals surface area contributed by atoms with E-state index >= 15 is 0 Å². The first-order valence-electron chi connectivity index (χ1n) is 3.26. The molecule has 11 heavy (non-hydrogen) atoms. The number of carbonyl (C=O) groups excluding carboxylic acids is 2. The zero-order valence-electron chi connectivity index (χ0n) is 6.31. The van der Waals surface area contributed by atoms with Crippen molar-refractivity contribution < 1.29 is 9.59 Å². The van der Waals surface area contributed by atoms with Crippen LogP contribution in [0.15, 0.2) is 0 Å². The molecule has 0 aromatic rings. The predicted octanol–water partition coefficient (Wildman–Crippen LogP) is -0.721. The lowest BCUT2D eigenvalue weighted by molar-refractivity contribution is 0.228. The lowest BCUT2D eigenvalue weighted by Crippen LogP contribution is -2.48. The molecule has 0 atom stereocenters. The summed E-state index contributed by atoms with van der Waals surface area (Å²) in [5.74, 6) is 0. The molecule has 0 heterocycles. The van der Waals surface area contributed by atoms with Crippen molar-refractivity contribution in [2.45, 2.75) is 13.3 Å². The van der Waals surface area contributed by atoms with Gasteiger partial charge in [0.15, 0.2) is 0 Å². The first-order chi connectivity index (χ1) is 5.16. The monoisotopic (exact) mass is 160 g/mol. The van der Waals surface area contributed by atoms with E-state index < -0.39 is 12.1 Å². The summed E-state index contributed by atoms with van der Waals surface area (Å²) < 4.78 is 0. The van der Waals surface area contributed by atoms with Crippen LogP contribution in [0.25, 0.3) is 0 Å². The number of amides is 4. The highest BCUT2D eigenvalue weighted by Gasteiger charge is 1.96. The van der Waals surface area contributed by atoms with Gasteiger partial charge < -0.3 is 11.1 Å². The number of urea groups is 2. The van der Waals surface area contributed by atoms with Gasteiger partial charge in [-0.25, -0.2) is 20.4 Å². The zero-order valence-corrected chi connectivity index (χ0v) is 6.31.